The number of nitro groups is 1. The molecule has 1 amide bonds. The summed E-state index contributed by atoms with van der Waals surface area (Å²) in [6.45, 7) is 1.70. The lowest BCUT2D eigenvalue weighted by molar-refractivity contribution is -0.384. The number of Topliss-reactive ketones (excluding diaryl/α,β-unsaturated/α-hetero) is 1. The maximum atomic E-state index is 12.1. The number of nitrogens with one attached hydrogen (secondary N) is 2. The first kappa shape index (κ1) is 20.6. The Morgan fingerprint density at radius 3 is 2.14 bits per heavy atom. The first-order valence-electron chi connectivity index (χ1n) is 8.46. The quantitative estimate of drug-likeness (QED) is 0.293. The highest BCUT2D eigenvalue weighted by Gasteiger charge is 2.11. The summed E-state index contributed by atoms with van der Waals surface area (Å²) in [5.74, 6) is -1.16. The number of nitro benzene ring substituents is 1. The highest BCUT2D eigenvalue weighted by atomic mass is 16.6. The van der Waals surface area contributed by atoms with Gasteiger partial charge in [0.1, 0.15) is 6.54 Å². The van der Waals surface area contributed by atoms with Crippen LogP contribution in [0.25, 0.3) is 0 Å². The van der Waals surface area contributed by atoms with Gasteiger partial charge in [-0.15, -0.1) is 0 Å². The summed E-state index contributed by atoms with van der Waals surface area (Å²) in [7, 11) is 0. The fraction of sp³-hybridized carbons (Fsp3) is 0.211. The van der Waals surface area contributed by atoms with Gasteiger partial charge in [-0.25, -0.2) is 0 Å². The molecule has 0 unspecified atom stereocenters. The van der Waals surface area contributed by atoms with Crippen LogP contribution in [0.1, 0.15) is 27.6 Å². The molecule has 0 spiro atoms. The summed E-state index contributed by atoms with van der Waals surface area (Å²) in [6.07, 6.45) is 0. The molecular weight excluding hydrogens is 366 g/mol. The van der Waals surface area contributed by atoms with Crippen LogP contribution >= 0.6 is 0 Å². The molecule has 9 nitrogen and oxygen atoms in total. The van der Waals surface area contributed by atoms with Gasteiger partial charge in [0, 0.05) is 28.9 Å². The van der Waals surface area contributed by atoms with Crippen molar-refractivity contribution >= 4 is 29.0 Å². The first-order valence-corrected chi connectivity index (χ1v) is 8.46. The van der Waals surface area contributed by atoms with Crippen molar-refractivity contribution in [3.05, 3.63) is 69.8 Å². The Labute approximate surface area is 160 Å². The number of nitrogens with zero attached hydrogens (tertiary/aromatic N) is 1. The molecular formula is C19H19N3O6. The van der Waals surface area contributed by atoms with Gasteiger partial charge in [0.05, 0.1) is 18.1 Å². The van der Waals surface area contributed by atoms with Crippen LogP contribution in [0.2, 0.25) is 0 Å². The van der Waals surface area contributed by atoms with E-state index < -0.39 is 16.8 Å². The maximum absolute atomic E-state index is 12.1. The summed E-state index contributed by atoms with van der Waals surface area (Å²) in [5, 5.41) is 16.0. The molecule has 0 aliphatic carbocycles. The third-order valence-corrected chi connectivity index (χ3v) is 3.70. The average molecular weight is 385 g/mol. The van der Waals surface area contributed by atoms with Crippen LogP contribution in [0, 0.1) is 10.1 Å². The van der Waals surface area contributed by atoms with E-state index in [2.05, 4.69) is 10.6 Å². The van der Waals surface area contributed by atoms with Crippen LogP contribution in [0.15, 0.2) is 48.5 Å². The van der Waals surface area contributed by atoms with Crippen molar-refractivity contribution in [3.63, 3.8) is 0 Å². The molecule has 0 heterocycles. The van der Waals surface area contributed by atoms with Crippen LogP contribution in [-0.4, -0.2) is 42.3 Å². The van der Waals surface area contributed by atoms with Crippen molar-refractivity contribution in [2.45, 2.75) is 6.92 Å². The number of anilines is 1. The molecule has 2 aromatic rings. The Morgan fingerprint density at radius 2 is 1.57 bits per heavy atom. The smallest absolute Gasteiger partial charge is 0.325 e. The third-order valence-electron chi connectivity index (χ3n) is 3.70. The van der Waals surface area contributed by atoms with Crippen LogP contribution in [0.5, 0.6) is 0 Å². The number of carbonyl (C=O) groups excluding carboxylic acids is 3. The van der Waals surface area contributed by atoms with E-state index in [0.717, 1.165) is 0 Å². The molecule has 0 radical (unpaired) electrons. The van der Waals surface area contributed by atoms with E-state index in [-0.39, 0.29) is 31.2 Å². The summed E-state index contributed by atoms with van der Waals surface area (Å²) in [6, 6.07) is 11.7. The van der Waals surface area contributed by atoms with E-state index in [1.807, 2.05) is 0 Å². The summed E-state index contributed by atoms with van der Waals surface area (Å²) in [4.78, 5) is 45.4. The lowest BCUT2D eigenvalue weighted by atomic mass is 10.1. The van der Waals surface area contributed by atoms with Gasteiger partial charge >= 0.3 is 5.97 Å². The van der Waals surface area contributed by atoms with Gasteiger partial charge in [-0.05, 0) is 43.3 Å². The normalized spacial score (nSPS) is 10.0. The SMILES string of the molecule is CCOC(=O)CNC(=O)c1ccc(NCC(=O)c2ccc([N+](=O)[O-])cc2)cc1. The number of rotatable bonds is 9. The maximum Gasteiger partial charge on any atom is 0.325 e. The van der Waals surface area contributed by atoms with Crippen molar-refractivity contribution in [3.8, 4) is 0 Å². The summed E-state index contributed by atoms with van der Waals surface area (Å²) < 4.78 is 4.73. The predicted molar refractivity (Wildman–Crippen MR) is 101 cm³/mol. The molecule has 9 heteroatoms. The molecule has 0 bridgehead atoms. The fourth-order valence-electron chi connectivity index (χ4n) is 2.26. The van der Waals surface area contributed by atoms with E-state index in [1.165, 1.54) is 24.3 Å². The number of esters is 1. The minimum absolute atomic E-state index is 0.00773. The number of ether oxygens (including phenoxy) is 1. The lowest BCUT2D eigenvalue weighted by Crippen LogP contribution is -2.30. The van der Waals surface area contributed by atoms with E-state index in [1.54, 1.807) is 31.2 Å². The number of carbonyl (C=O) groups is 3. The average Bonchev–Trinajstić information content (AvgIpc) is 2.71. The molecule has 2 aromatic carbocycles. The summed E-state index contributed by atoms with van der Waals surface area (Å²) >= 11 is 0. The van der Waals surface area contributed by atoms with Crippen molar-refractivity contribution in [2.24, 2.45) is 0 Å². The second kappa shape index (κ2) is 9.81. The molecule has 0 aliphatic heterocycles. The van der Waals surface area contributed by atoms with Gasteiger partial charge in [0.15, 0.2) is 5.78 Å². The molecule has 0 atom stereocenters. The predicted octanol–water partition coefficient (Wildman–Crippen LogP) is 2.18. The Morgan fingerprint density at radius 1 is 0.964 bits per heavy atom. The lowest BCUT2D eigenvalue weighted by Gasteiger charge is -2.08. The number of hydrogen-bond acceptors (Lipinski definition) is 7. The Kier molecular flexibility index (Phi) is 7.21. The van der Waals surface area contributed by atoms with Crippen LogP contribution < -0.4 is 10.6 Å². The molecule has 28 heavy (non-hydrogen) atoms. The molecule has 2 rings (SSSR count). The van der Waals surface area contributed by atoms with Crippen LogP contribution in [0.4, 0.5) is 11.4 Å². The molecule has 0 aromatic heterocycles. The molecule has 2 N–H and O–H groups in total. The van der Waals surface area contributed by atoms with Crippen LogP contribution in [-0.2, 0) is 9.53 Å². The van der Waals surface area contributed by atoms with E-state index in [9.17, 15) is 24.5 Å². The van der Waals surface area contributed by atoms with Gasteiger partial charge < -0.3 is 15.4 Å². The van der Waals surface area contributed by atoms with Crippen molar-refractivity contribution in [1.82, 2.24) is 5.32 Å². The fourth-order valence-corrected chi connectivity index (χ4v) is 2.26. The summed E-state index contributed by atoms with van der Waals surface area (Å²) in [5.41, 5.74) is 1.25. The molecule has 0 saturated heterocycles. The van der Waals surface area contributed by atoms with Crippen molar-refractivity contribution < 1.29 is 24.0 Å². The number of benzene rings is 2. The van der Waals surface area contributed by atoms with E-state index in [0.29, 0.717) is 16.8 Å². The largest absolute Gasteiger partial charge is 0.465 e. The number of hydrogen-bond donors (Lipinski definition) is 2. The van der Waals surface area contributed by atoms with Gasteiger partial charge in [-0.1, -0.05) is 0 Å². The Balaban J connectivity index is 1.86. The highest BCUT2D eigenvalue weighted by molar-refractivity contribution is 5.99. The second-order valence-corrected chi connectivity index (χ2v) is 5.65. The van der Waals surface area contributed by atoms with Gasteiger partial charge in [0.25, 0.3) is 11.6 Å². The van der Waals surface area contributed by atoms with Crippen LogP contribution in [0.3, 0.4) is 0 Å². The minimum Gasteiger partial charge on any atom is -0.465 e. The zero-order valence-electron chi connectivity index (χ0n) is 15.1. The molecule has 146 valence electrons. The Bertz CT molecular complexity index is 862. The highest BCUT2D eigenvalue weighted by Crippen LogP contribution is 2.13. The van der Waals surface area contributed by atoms with Crippen molar-refractivity contribution in [1.29, 1.82) is 0 Å². The standard InChI is InChI=1S/C19H19N3O6/c1-2-28-18(24)12-21-19(25)14-3-7-15(8-4-14)20-11-17(23)13-5-9-16(10-6-13)22(26)27/h3-10,20H,2,11-12H2,1H3,(H,21,25). The number of ketones is 1. The number of amides is 1. The molecule has 0 aliphatic rings. The van der Waals surface area contributed by atoms with E-state index >= 15 is 0 Å². The second-order valence-electron chi connectivity index (χ2n) is 5.65. The monoisotopic (exact) mass is 385 g/mol. The van der Waals surface area contributed by atoms with Crippen molar-refractivity contribution in [2.75, 3.05) is 25.0 Å². The number of non-ortho nitro benzene ring substituents is 1. The van der Waals surface area contributed by atoms with Gasteiger partial charge in [-0.3, -0.25) is 24.5 Å². The zero-order valence-corrected chi connectivity index (χ0v) is 15.1. The topological polar surface area (TPSA) is 128 Å². The van der Waals surface area contributed by atoms with Gasteiger partial charge in [-0.2, -0.15) is 0 Å². The minimum atomic E-state index is -0.531. The first-order chi connectivity index (χ1) is 13.4. The Hall–Kier alpha value is -3.75. The molecule has 0 fully saturated rings. The van der Waals surface area contributed by atoms with Gasteiger partial charge in [0.2, 0.25) is 0 Å². The third kappa shape index (κ3) is 5.90. The van der Waals surface area contributed by atoms with E-state index in [4.69, 9.17) is 4.74 Å². The zero-order chi connectivity index (χ0) is 20.5. The molecule has 0 saturated carbocycles.